The van der Waals surface area contributed by atoms with Crippen LogP contribution in [0.3, 0.4) is 0 Å². The molecule has 0 saturated carbocycles. The monoisotopic (exact) mass is 328 g/mol. The molecule has 1 aliphatic heterocycles. The minimum absolute atomic E-state index is 0.136. The molecule has 2 aromatic rings. The molecule has 2 heterocycles. The van der Waals surface area contributed by atoms with E-state index in [9.17, 15) is 0 Å². The zero-order valence-electron chi connectivity index (χ0n) is 8.90. The molecular weight excluding hydrogens is 315 g/mol. The molecular formula is C12H13IN2O. The Hall–Kier alpha value is -0.620. The number of nitrogens with zero attached hydrogens (tertiary/aromatic N) is 2. The van der Waals surface area contributed by atoms with Gasteiger partial charge in [0, 0.05) is 21.8 Å². The van der Waals surface area contributed by atoms with Crippen molar-refractivity contribution in [2.24, 2.45) is 0 Å². The lowest BCUT2D eigenvalue weighted by molar-refractivity contribution is -0.0390. The van der Waals surface area contributed by atoms with Crippen LogP contribution in [-0.2, 0) is 4.74 Å². The summed E-state index contributed by atoms with van der Waals surface area (Å²) in [4.78, 5) is 0. The van der Waals surface area contributed by atoms with E-state index in [4.69, 9.17) is 4.74 Å². The number of fused-ring (bicyclic) bond motifs is 1. The van der Waals surface area contributed by atoms with E-state index in [-0.39, 0.29) is 6.23 Å². The lowest BCUT2D eigenvalue weighted by atomic mass is 10.2. The van der Waals surface area contributed by atoms with E-state index < -0.39 is 0 Å². The van der Waals surface area contributed by atoms with Gasteiger partial charge in [0.25, 0.3) is 0 Å². The predicted molar refractivity (Wildman–Crippen MR) is 71.3 cm³/mol. The largest absolute Gasteiger partial charge is 0.357 e. The number of benzene rings is 1. The van der Waals surface area contributed by atoms with Gasteiger partial charge >= 0.3 is 0 Å². The first-order valence-electron chi connectivity index (χ1n) is 5.59. The van der Waals surface area contributed by atoms with Gasteiger partial charge in [0.05, 0.1) is 0 Å². The third kappa shape index (κ3) is 1.84. The Labute approximate surface area is 108 Å². The Morgan fingerprint density at radius 3 is 3.06 bits per heavy atom. The molecule has 0 N–H and O–H groups in total. The normalized spacial score (nSPS) is 21.4. The van der Waals surface area contributed by atoms with Crippen molar-refractivity contribution in [3.63, 3.8) is 0 Å². The van der Waals surface area contributed by atoms with Gasteiger partial charge in [-0.3, -0.25) is 0 Å². The summed E-state index contributed by atoms with van der Waals surface area (Å²) < 4.78 is 8.91. The molecule has 1 fully saturated rings. The van der Waals surface area contributed by atoms with Crippen LogP contribution >= 0.6 is 22.6 Å². The van der Waals surface area contributed by atoms with Crippen molar-refractivity contribution in [3.05, 3.63) is 28.0 Å². The van der Waals surface area contributed by atoms with Gasteiger partial charge in [-0.05, 0) is 47.9 Å². The van der Waals surface area contributed by atoms with Crippen molar-refractivity contribution in [2.75, 3.05) is 6.61 Å². The standard InChI is InChI=1S/C12H13IN2O/c13-10-5-3-4-9-8-15(14-12(9)10)11-6-1-2-7-16-11/h3-5,8,11H,1-2,6-7H2. The second kappa shape index (κ2) is 4.33. The first-order chi connectivity index (χ1) is 7.84. The minimum Gasteiger partial charge on any atom is -0.357 e. The van der Waals surface area contributed by atoms with Crippen molar-refractivity contribution >= 4 is 33.5 Å². The third-order valence-corrected chi connectivity index (χ3v) is 3.83. The molecule has 0 spiro atoms. The highest BCUT2D eigenvalue weighted by Crippen LogP contribution is 2.25. The molecule has 1 aromatic carbocycles. The fourth-order valence-corrected chi connectivity index (χ4v) is 2.74. The molecule has 1 aromatic heterocycles. The number of hydrogen-bond acceptors (Lipinski definition) is 2. The van der Waals surface area contributed by atoms with Crippen LogP contribution in [0.15, 0.2) is 24.4 Å². The van der Waals surface area contributed by atoms with Gasteiger partial charge in [0.1, 0.15) is 11.7 Å². The van der Waals surface area contributed by atoms with Crippen molar-refractivity contribution in [1.82, 2.24) is 9.78 Å². The smallest absolute Gasteiger partial charge is 0.150 e. The summed E-state index contributed by atoms with van der Waals surface area (Å²) in [5.74, 6) is 0. The van der Waals surface area contributed by atoms with E-state index in [2.05, 4.69) is 52.1 Å². The molecule has 1 aliphatic rings. The summed E-state index contributed by atoms with van der Waals surface area (Å²) in [7, 11) is 0. The van der Waals surface area contributed by atoms with Crippen molar-refractivity contribution in [2.45, 2.75) is 25.5 Å². The minimum atomic E-state index is 0.136. The number of rotatable bonds is 1. The molecule has 0 amide bonds. The molecule has 0 bridgehead atoms. The molecule has 16 heavy (non-hydrogen) atoms. The predicted octanol–water partition coefficient (Wildman–Crippen LogP) is 3.34. The lowest BCUT2D eigenvalue weighted by Gasteiger charge is -2.22. The molecule has 3 rings (SSSR count). The van der Waals surface area contributed by atoms with Gasteiger partial charge in [-0.15, -0.1) is 0 Å². The quantitative estimate of drug-likeness (QED) is 0.751. The highest BCUT2D eigenvalue weighted by molar-refractivity contribution is 14.1. The Bertz CT molecular complexity index is 503. The Kier molecular flexibility index (Phi) is 2.85. The highest BCUT2D eigenvalue weighted by atomic mass is 127. The average molecular weight is 328 g/mol. The van der Waals surface area contributed by atoms with Gasteiger partial charge in [0.2, 0.25) is 0 Å². The van der Waals surface area contributed by atoms with Crippen molar-refractivity contribution in [3.8, 4) is 0 Å². The van der Waals surface area contributed by atoms with Crippen LogP contribution in [0.4, 0.5) is 0 Å². The van der Waals surface area contributed by atoms with Gasteiger partial charge in [-0.25, -0.2) is 4.68 Å². The molecule has 3 nitrogen and oxygen atoms in total. The second-order valence-electron chi connectivity index (χ2n) is 4.11. The maximum Gasteiger partial charge on any atom is 0.150 e. The molecule has 1 atom stereocenters. The Morgan fingerprint density at radius 1 is 1.38 bits per heavy atom. The van der Waals surface area contributed by atoms with Gasteiger partial charge in [-0.2, -0.15) is 5.10 Å². The van der Waals surface area contributed by atoms with Gasteiger partial charge < -0.3 is 4.74 Å². The molecule has 84 valence electrons. The molecule has 1 saturated heterocycles. The first kappa shape index (κ1) is 10.5. The maximum absolute atomic E-state index is 5.73. The van der Waals surface area contributed by atoms with Crippen molar-refractivity contribution in [1.29, 1.82) is 0 Å². The molecule has 0 radical (unpaired) electrons. The van der Waals surface area contributed by atoms with E-state index in [0.29, 0.717) is 0 Å². The number of halogens is 1. The van der Waals surface area contributed by atoms with E-state index in [1.165, 1.54) is 21.8 Å². The van der Waals surface area contributed by atoms with Gasteiger partial charge in [-0.1, -0.05) is 12.1 Å². The fourth-order valence-electron chi connectivity index (χ4n) is 2.11. The molecule has 0 aliphatic carbocycles. The highest BCUT2D eigenvalue weighted by Gasteiger charge is 2.17. The zero-order chi connectivity index (χ0) is 11.0. The summed E-state index contributed by atoms with van der Waals surface area (Å²) >= 11 is 2.33. The number of aromatic nitrogens is 2. The Balaban J connectivity index is 2.01. The van der Waals surface area contributed by atoms with Crippen molar-refractivity contribution < 1.29 is 4.74 Å². The van der Waals surface area contributed by atoms with Crippen LogP contribution in [-0.4, -0.2) is 16.4 Å². The third-order valence-electron chi connectivity index (χ3n) is 2.96. The first-order valence-corrected chi connectivity index (χ1v) is 6.67. The molecule has 4 heteroatoms. The van der Waals surface area contributed by atoms with Crippen LogP contribution in [0.2, 0.25) is 0 Å². The summed E-state index contributed by atoms with van der Waals surface area (Å²) in [5, 5.41) is 5.82. The second-order valence-corrected chi connectivity index (χ2v) is 5.27. The lowest BCUT2D eigenvalue weighted by Crippen LogP contribution is -2.18. The topological polar surface area (TPSA) is 27.1 Å². The van der Waals surface area contributed by atoms with Crippen LogP contribution < -0.4 is 0 Å². The SMILES string of the molecule is Ic1cccc2cn(C3CCCCO3)nc12. The van der Waals surface area contributed by atoms with E-state index in [1.807, 2.05) is 4.68 Å². The summed E-state index contributed by atoms with van der Waals surface area (Å²) in [6, 6.07) is 6.25. The Morgan fingerprint density at radius 2 is 2.31 bits per heavy atom. The molecule has 1 unspecified atom stereocenters. The zero-order valence-corrected chi connectivity index (χ0v) is 11.1. The maximum atomic E-state index is 5.73. The van der Waals surface area contributed by atoms with Crippen LogP contribution in [0.25, 0.3) is 10.9 Å². The van der Waals surface area contributed by atoms with E-state index in [1.54, 1.807) is 0 Å². The summed E-state index contributed by atoms with van der Waals surface area (Å²) in [5.41, 5.74) is 1.08. The average Bonchev–Trinajstić information content (AvgIpc) is 2.76. The van der Waals surface area contributed by atoms with Gasteiger partial charge in [0.15, 0.2) is 0 Å². The number of ether oxygens (including phenoxy) is 1. The summed E-state index contributed by atoms with van der Waals surface area (Å²) in [6.45, 7) is 0.859. The van der Waals surface area contributed by atoms with Crippen LogP contribution in [0.5, 0.6) is 0 Å². The van der Waals surface area contributed by atoms with E-state index in [0.717, 1.165) is 18.5 Å². The van der Waals surface area contributed by atoms with E-state index >= 15 is 0 Å². The van der Waals surface area contributed by atoms with Crippen LogP contribution in [0.1, 0.15) is 25.5 Å². The number of hydrogen-bond donors (Lipinski definition) is 0. The van der Waals surface area contributed by atoms with Crippen LogP contribution in [0, 0.1) is 3.57 Å². The fraction of sp³-hybridized carbons (Fsp3) is 0.417. The summed E-state index contributed by atoms with van der Waals surface area (Å²) in [6.07, 6.45) is 5.71.